The second-order valence-electron chi connectivity index (χ2n) is 4.05. The molecule has 1 heteroatoms. The highest BCUT2D eigenvalue weighted by Crippen LogP contribution is 2.14. The molecule has 0 spiro atoms. The lowest BCUT2D eigenvalue weighted by atomic mass is 9.97. The zero-order valence-corrected chi connectivity index (χ0v) is 9.43. The van der Waals surface area contributed by atoms with E-state index in [9.17, 15) is 0 Å². The van der Waals surface area contributed by atoms with Gasteiger partial charge in [0.25, 0.3) is 0 Å². The van der Waals surface area contributed by atoms with Crippen molar-refractivity contribution in [3.05, 3.63) is 0 Å². The van der Waals surface area contributed by atoms with Crippen LogP contribution >= 0.6 is 0 Å². The first-order valence-electron chi connectivity index (χ1n) is 5.32. The molecule has 0 radical (unpaired) electrons. The van der Waals surface area contributed by atoms with E-state index in [4.69, 9.17) is 0 Å². The summed E-state index contributed by atoms with van der Waals surface area (Å²) in [6, 6.07) is 0.747. The Hall–Kier alpha value is -0.0400. The second kappa shape index (κ2) is 6.47. The Kier molecular flexibility index (Phi) is 6.45. The molecule has 2 atom stereocenters. The fourth-order valence-corrected chi connectivity index (χ4v) is 1.68. The lowest BCUT2D eigenvalue weighted by Gasteiger charge is -2.25. The Labute approximate surface area is 78.1 Å². The van der Waals surface area contributed by atoms with Gasteiger partial charge in [-0.2, -0.15) is 0 Å². The molecular formula is C11H25N. The van der Waals surface area contributed by atoms with Crippen LogP contribution in [0.4, 0.5) is 0 Å². The van der Waals surface area contributed by atoms with Crippen LogP contribution in [0.25, 0.3) is 0 Å². The monoisotopic (exact) mass is 171 g/mol. The van der Waals surface area contributed by atoms with E-state index >= 15 is 0 Å². The van der Waals surface area contributed by atoms with Gasteiger partial charge in [0.1, 0.15) is 0 Å². The smallest absolute Gasteiger partial charge is 0.00663 e. The van der Waals surface area contributed by atoms with Crippen LogP contribution in [-0.2, 0) is 0 Å². The van der Waals surface area contributed by atoms with Gasteiger partial charge >= 0.3 is 0 Å². The minimum Gasteiger partial charge on any atom is -0.304 e. The van der Waals surface area contributed by atoms with Crippen LogP contribution in [0.5, 0.6) is 0 Å². The van der Waals surface area contributed by atoms with Crippen LogP contribution in [0.3, 0.4) is 0 Å². The Morgan fingerprint density at radius 1 is 1.17 bits per heavy atom. The highest BCUT2D eigenvalue weighted by molar-refractivity contribution is 4.65. The average Bonchev–Trinajstić information content (AvgIpc) is 2.03. The fourth-order valence-electron chi connectivity index (χ4n) is 1.68. The third-order valence-electron chi connectivity index (χ3n) is 2.78. The normalized spacial score (nSPS) is 16.5. The van der Waals surface area contributed by atoms with E-state index in [1.165, 1.54) is 25.8 Å². The van der Waals surface area contributed by atoms with Crippen molar-refractivity contribution >= 4 is 0 Å². The van der Waals surface area contributed by atoms with Crippen molar-refractivity contribution < 1.29 is 0 Å². The fraction of sp³-hybridized carbons (Fsp3) is 1.00. The van der Waals surface area contributed by atoms with Gasteiger partial charge in [0.15, 0.2) is 0 Å². The summed E-state index contributed by atoms with van der Waals surface area (Å²) in [5.41, 5.74) is 0. The first-order valence-corrected chi connectivity index (χ1v) is 5.32. The van der Waals surface area contributed by atoms with Crippen LogP contribution in [0.1, 0.15) is 47.0 Å². The molecule has 0 amide bonds. The van der Waals surface area contributed by atoms with Crippen molar-refractivity contribution in [2.45, 2.75) is 53.0 Å². The molecule has 0 aliphatic rings. The maximum Gasteiger partial charge on any atom is 0.00663 e. The molecule has 1 nitrogen and oxygen atoms in total. The first kappa shape index (κ1) is 12.0. The van der Waals surface area contributed by atoms with Crippen molar-refractivity contribution in [1.29, 1.82) is 0 Å². The van der Waals surface area contributed by atoms with Crippen molar-refractivity contribution in [2.24, 2.45) is 5.92 Å². The molecular weight excluding hydrogens is 146 g/mol. The minimum atomic E-state index is 0.747. The highest BCUT2D eigenvalue weighted by Gasteiger charge is 2.10. The summed E-state index contributed by atoms with van der Waals surface area (Å²) in [6.07, 6.45) is 4.05. The molecule has 0 heterocycles. The van der Waals surface area contributed by atoms with E-state index in [1.54, 1.807) is 0 Å². The Morgan fingerprint density at radius 2 is 1.75 bits per heavy atom. The standard InChI is InChI=1S/C11H25N/c1-6-8-10(3)9-11(4)12(5)7-2/h10-11H,6-9H2,1-5H3/t10?,11-/m1/s1. The van der Waals surface area contributed by atoms with E-state index in [0.717, 1.165) is 12.0 Å². The highest BCUT2D eigenvalue weighted by atomic mass is 15.1. The molecule has 74 valence electrons. The van der Waals surface area contributed by atoms with Gasteiger partial charge in [0.2, 0.25) is 0 Å². The van der Waals surface area contributed by atoms with Gasteiger partial charge in [-0.15, -0.1) is 0 Å². The molecule has 0 saturated heterocycles. The average molecular weight is 171 g/mol. The van der Waals surface area contributed by atoms with Gasteiger partial charge < -0.3 is 4.90 Å². The summed E-state index contributed by atoms with van der Waals surface area (Å²) in [4.78, 5) is 2.42. The van der Waals surface area contributed by atoms with Crippen LogP contribution < -0.4 is 0 Å². The van der Waals surface area contributed by atoms with Crippen LogP contribution in [0.15, 0.2) is 0 Å². The summed E-state index contributed by atoms with van der Waals surface area (Å²) < 4.78 is 0. The zero-order valence-electron chi connectivity index (χ0n) is 9.43. The molecule has 1 unspecified atom stereocenters. The van der Waals surface area contributed by atoms with E-state index < -0.39 is 0 Å². The molecule has 0 saturated carbocycles. The third kappa shape index (κ3) is 4.76. The minimum absolute atomic E-state index is 0.747. The van der Waals surface area contributed by atoms with Crippen LogP contribution in [-0.4, -0.2) is 24.5 Å². The predicted octanol–water partition coefficient (Wildman–Crippen LogP) is 3.15. The summed E-state index contributed by atoms with van der Waals surface area (Å²) in [5.74, 6) is 0.888. The number of hydrogen-bond donors (Lipinski definition) is 0. The molecule has 0 aromatic carbocycles. The van der Waals surface area contributed by atoms with Crippen molar-refractivity contribution in [3.63, 3.8) is 0 Å². The molecule has 0 aromatic rings. The molecule has 0 rings (SSSR count). The molecule has 0 N–H and O–H groups in total. The maximum atomic E-state index is 2.42. The molecule has 0 bridgehead atoms. The molecule has 0 fully saturated rings. The number of hydrogen-bond acceptors (Lipinski definition) is 1. The number of rotatable bonds is 6. The van der Waals surface area contributed by atoms with Gasteiger partial charge in [-0.05, 0) is 32.9 Å². The van der Waals surface area contributed by atoms with Crippen LogP contribution in [0.2, 0.25) is 0 Å². The van der Waals surface area contributed by atoms with Gasteiger partial charge in [-0.1, -0.05) is 33.6 Å². The molecule has 12 heavy (non-hydrogen) atoms. The predicted molar refractivity (Wildman–Crippen MR) is 56.5 cm³/mol. The largest absolute Gasteiger partial charge is 0.304 e. The molecule has 0 aliphatic heterocycles. The zero-order chi connectivity index (χ0) is 9.56. The summed E-state index contributed by atoms with van der Waals surface area (Å²) in [7, 11) is 2.21. The Morgan fingerprint density at radius 3 is 2.17 bits per heavy atom. The van der Waals surface area contributed by atoms with Crippen molar-refractivity contribution in [3.8, 4) is 0 Å². The molecule has 0 aromatic heterocycles. The lowest BCUT2D eigenvalue weighted by molar-refractivity contribution is 0.230. The summed E-state index contributed by atoms with van der Waals surface area (Å²) in [6.45, 7) is 10.4. The summed E-state index contributed by atoms with van der Waals surface area (Å²) >= 11 is 0. The second-order valence-corrected chi connectivity index (χ2v) is 4.05. The van der Waals surface area contributed by atoms with E-state index in [-0.39, 0.29) is 0 Å². The molecule has 0 aliphatic carbocycles. The lowest BCUT2D eigenvalue weighted by Crippen LogP contribution is -2.30. The maximum absolute atomic E-state index is 2.42. The third-order valence-corrected chi connectivity index (χ3v) is 2.78. The Balaban J connectivity index is 3.59. The van der Waals surface area contributed by atoms with Crippen molar-refractivity contribution in [2.75, 3.05) is 13.6 Å². The first-order chi connectivity index (χ1) is 5.61. The van der Waals surface area contributed by atoms with Crippen molar-refractivity contribution in [1.82, 2.24) is 4.90 Å². The van der Waals surface area contributed by atoms with Gasteiger partial charge in [-0.3, -0.25) is 0 Å². The number of nitrogens with zero attached hydrogens (tertiary/aromatic N) is 1. The van der Waals surface area contributed by atoms with Gasteiger partial charge in [0.05, 0.1) is 0 Å². The Bertz CT molecular complexity index is 101. The quantitative estimate of drug-likeness (QED) is 0.593. The van der Waals surface area contributed by atoms with E-state index in [1.807, 2.05) is 0 Å². The SMILES string of the molecule is CCCC(C)C[C@@H](C)N(C)CC. The topological polar surface area (TPSA) is 3.24 Å². The van der Waals surface area contributed by atoms with Gasteiger partial charge in [-0.25, -0.2) is 0 Å². The van der Waals surface area contributed by atoms with Gasteiger partial charge in [0, 0.05) is 6.04 Å². The van der Waals surface area contributed by atoms with E-state index in [2.05, 4.69) is 39.6 Å². The van der Waals surface area contributed by atoms with Crippen LogP contribution in [0, 0.1) is 5.92 Å². The van der Waals surface area contributed by atoms with E-state index in [0.29, 0.717) is 0 Å². The summed E-state index contributed by atoms with van der Waals surface area (Å²) in [5, 5.41) is 0.